The lowest BCUT2D eigenvalue weighted by Gasteiger charge is -2.27. The van der Waals surface area contributed by atoms with E-state index in [9.17, 15) is 0 Å². The predicted octanol–water partition coefficient (Wildman–Crippen LogP) is 1.93. The molecule has 1 aromatic rings. The van der Waals surface area contributed by atoms with Gasteiger partial charge < -0.3 is 10.2 Å². The molecular weight excluding hydrogens is 230 g/mol. The van der Waals surface area contributed by atoms with E-state index in [4.69, 9.17) is 0 Å². The lowest BCUT2D eigenvalue weighted by atomic mass is 9.98. The number of likely N-dealkylation sites (N-methyl/N-ethyl adjacent to an activating group) is 1. The molecule has 0 saturated carbocycles. The molecule has 0 spiro atoms. The average molecular weight is 253 g/mol. The molecule has 0 atom stereocenters. The molecule has 3 nitrogen and oxygen atoms in total. The highest BCUT2D eigenvalue weighted by molar-refractivity contribution is 7.09. The van der Waals surface area contributed by atoms with Gasteiger partial charge in [-0.15, -0.1) is 11.3 Å². The van der Waals surface area contributed by atoms with Crippen LogP contribution in [0.1, 0.15) is 23.4 Å². The lowest BCUT2D eigenvalue weighted by Crippen LogP contribution is -2.35. The van der Waals surface area contributed by atoms with E-state index in [1.165, 1.54) is 43.0 Å². The van der Waals surface area contributed by atoms with Crippen LogP contribution in [-0.2, 0) is 6.42 Å². The molecule has 17 heavy (non-hydrogen) atoms. The van der Waals surface area contributed by atoms with Crippen molar-refractivity contribution in [3.63, 3.8) is 0 Å². The Labute approximate surface area is 108 Å². The first-order valence-corrected chi connectivity index (χ1v) is 7.42. The molecule has 0 bridgehead atoms. The second kappa shape index (κ2) is 6.47. The third-order valence-corrected chi connectivity index (χ3v) is 4.59. The molecule has 0 aromatic carbocycles. The van der Waals surface area contributed by atoms with Crippen molar-refractivity contribution in [3.05, 3.63) is 16.1 Å². The van der Waals surface area contributed by atoms with Gasteiger partial charge in [0, 0.05) is 18.0 Å². The molecule has 1 aliphatic rings. The summed E-state index contributed by atoms with van der Waals surface area (Å²) in [6.45, 7) is 6.92. The zero-order valence-corrected chi connectivity index (χ0v) is 11.7. The van der Waals surface area contributed by atoms with E-state index in [1.54, 1.807) is 11.3 Å². The number of aryl methyl sites for hydroxylation is 1. The quantitative estimate of drug-likeness (QED) is 0.869. The third kappa shape index (κ3) is 4.05. The predicted molar refractivity (Wildman–Crippen MR) is 73.6 cm³/mol. The Hall–Kier alpha value is -0.450. The van der Waals surface area contributed by atoms with Crippen molar-refractivity contribution < 1.29 is 0 Å². The van der Waals surface area contributed by atoms with Crippen molar-refractivity contribution >= 4 is 11.3 Å². The molecule has 1 aromatic heterocycles. The summed E-state index contributed by atoms with van der Waals surface area (Å²) in [5.41, 5.74) is 3.17. The number of nitrogens with zero attached hydrogens (tertiary/aromatic N) is 2. The van der Waals surface area contributed by atoms with E-state index in [-0.39, 0.29) is 0 Å². The number of aromatic nitrogens is 1. The van der Waals surface area contributed by atoms with Crippen LogP contribution < -0.4 is 5.32 Å². The SMILES string of the molecule is Cc1ncsc1CCN(C)CC1CCNCC1. The first-order chi connectivity index (χ1) is 8.25. The molecule has 2 heterocycles. The molecular formula is C13H23N3S. The minimum atomic E-state index is 0.892. The highest BCUT2D eigenvalue weighted by Gasteiger charge is 2.15. The maximum absolute atomic E-state index is 4.30. The van der Waals surface area contributed by atoms with Crippen molar-refractivity contribution in [3.8, 4) is 0 Å². The number of rotatable bonds is 5. The van der Waals surface area contributed by atoms with Crippen molar-refractivity contribution in [2.75, 3.05) is 33.2 Å². The maximum Gasteiger partial charge on any atom is 0.0797 e. The minimum absolute atomic E-state index is 0.892. The smallest absolute Gasteiger partial charge is 0.0797 e. The molecule has 4 heteroatoms. The van der Waals surface area contributed by atoms with Gasteiger partial charge in [-0.25, -0.2) is 4.98 Å². The standard InChI is InChI=1S/C13H23N3S/c1-11-13(17-10-15-11)5-8-16(2)9-12-3-6-14-7-4-12/h10,12,14H,3-9H2,1-2H3. The summed E-state index contributed by atoms with van der Waals surface area (Å²) in [6, 6.07) is 0. The van der Waals surface area contributed by atoms with Gasteiger partial charge in [-0.2, -0.15) is 0 Å². The lowest BCUT2D eigenvalue weighted by molar-refractivity contribution is 0.242. The van der Waals surface area contributed by atoms with E-state index >= 15 is 0 Å². The Kier molecular flexibility index (Phi) is 4.95. The minimum Gasteiger partial charge on any atom is -0.317 e. The Morgan fingerprint density at radius 3 is 2.88 bits per heavy atom. The van der Waals surface area contributed by atoms with E-state index in [0.29, 0.717) is 0 Å². The largest absolute Gasteiger partial charge is 0.317 e. The van der Waals surface area contributed by atoms with Gasteiger partial charge in [0.2, 0.25) is 0 Å². The Morgan fingerprint density at radius 1 is 1.47 bits per heavy atom. The summed E-state index contributed by atoms with van der Waals surface area (Å²) in [5, 5.41) is 3.42. The monoisotopic (exact) mass is 253 g/mol. The number of hydrogen-bond acceptors (Lipinski definition) is 4. The zero-order chi connectivity index (χ0) is 12.1. The fraction of sp³-hybridized carbons (Fsp3) is 0.769. The molecule has 0 amide bonds. The van der Waals surface area contributed by atoms with Gasteiger partial charge in [0.1, 0.15) is 0 Å². The molecule has 2 rings (SSSR count). The third-order valence-electron chi connectivity index (χ3n) is 3.59. The van der Waals surface area contributed by atoms with Crippen molar-refractivity contribution in [2.45, 2.75) is 26.2 Å². The number of piperidine rings is 1. The van der Waals surface area contributed by atoms with Gasteiger partial charge in [0.15, 0.2) is 0 Å². The molecule has 0 radical (unpaired) electrons. The van der Waals surface area contributed by atoms with Crippen molar-refractivity contribution in [1.29, 1.82) is 0 Å². The van der Waals surface area contributed by atoms with Crippen LogP contribution in [0.15, 0.2) is 5.51 Å². The number of hydrogen-bond donors (Lipinski definition) is 1. The van der Waals surface area contributed by atoms with Crippen molar-refractivity contribution in [1.82, 2.24) is 15.2 Å². The van der Waals surface area contributed by atoms with Crippen LogP contribution >= 0.6 is 11.3 Å². The van der Waals surface area contributed by atoms with Gasteiger partial charge in [-0.05, 0) is 52.2 Å². The average Bonchev–Trinajstić information content (AvgIpc) is 2.74. The van der Waals surface area contributed by atoms with E-state index in [0.717, 1.165) is 18.9 Å². The fourth-order valence-electron chi connectivity index (χ4n) is 2.45. The fourth-order valence-corrected chi connectivity index (χ4v) is 3.23. The van der Waals surface area contributed by atoms with Crippen molar-refractivity contribution in [2.24, 2.45) is 5.92 Å². The Morgan fingerprint density at radius 2 is 2.24 bits per heavy atom. The first-order valence-electron chi connectivity index (χ1n) is 6.54. The summed E-state index contributed by atoms with van der Waals surface area (Å²) in [7, 11) is 2.25. The van der Waals surface area contributed by atoms with Gasteiger partial charge in [-0.1, -0.05) is 0 Å². The zero-order valence-electron chi connectivity index (χ0n) is 10.9. The van der Waals surface area contributed by atoms with Crippen LogP contribution in [-0.4, -0.2) is 43.1 Å². The van der Waals surface area contributed by atoms with Crippen LogP contribution in [0.25, 0.3) is 0 Å². The molecule has 96 valence electrons. The van der Waals surface area contributed by atoms with Gasteiger partial charge in [-0.3, -0.25) is 0 Å². The summed E-state index contributed by atoms with van der Waals surface area (Å²) in [5.74, 6) is 0.892. The van der Waals surface area contributed by atoms with E-state index < -0.39 is 0 Å². The van der Waals surface area contributed by atoms with Crippen LogP contribution in [0.5, 0.6) is 0 Å². The maximum atomic E-state index is 4.30. The second-order valence-corrected chi connectivity index (χ2v) is 6.01. The van der Waals surface area contributed by atoms with Crippen LogP contribution in [0.4, 0.5) is 0 Å². The number of thiazole rings is 1. The molecule has 0 aliphatic carbocycles. The topological polar surface area (TPSA) is 28.2 Å². The summed E-state index contributed by atoms with van der Waals surface area (Å²) < 4.78 is 0. The van der Waals surface area contributed by atoms with Crippen LogP contribution in [0, 0.1) is 12.8 Å². The summed E-state index contributed by atoms with van der Waals surface area (Å²) >= 11 is 1.79. The highest BCUT2D eigenvalue weighted by Crippen LogP contribution is 2.15. The van der Waals surface area contributed by atoms with E-state index in [2.05, 4.69) is 29.2 Å². The first kappa shape index (κ1) is 13.0. The van der Waals surface area contributed by atoms with Gasteiger partial charge >= 0.3 is 0 Å². The molecule has 1 fully saturated rings. The normalized spacial score (nSPS) is 17.8. The summed E-state index contributed by atoms with van der Waals surface area (Å²) in [6.07, 6.45) is 3.83. The molecule has 1 aliphatic heterocycles. The van der Waals surface area contributed by atoms with Crippen LogP contribution in [0.3, 0.4) is 0 Å². The molecule has 1 N–H and O–H groups in total. The highest BCUT2D eigenvalue weighted by atomic mass is 32.1. The summed E-state index contributed by atoms with van der Waals surface area (Å²) in [4.78, 5) is 8.23. The van der Waals surface area contributed by atoms with Gasteiger partial charge in [0.05, 0.1) is 11.2 Å². The number of nitrogens with one attached hydrogen (secondary N) is 1. The Balaban J connectivity index is 1.70. The van der Waals surface area contributed by atoms with Crippen LogP contribution in [0.2, 0.25) is 0 Å². The molecule has 0 unspecified atom stereocenters. The molecule has 1 saturated heterocycles. The second-order valence-electron chi connectivity index (χ2n) is 5.07. The Bertz CT molecular complexity index is 331. The van der Waals surface area contributed by atoms with E-state index in [1.807, 2.05) is 5.51 Å². The van der Waals surface area contributed by atoms with Gasteiger partial charge in [0.25, 0.3) is 0 Å².